The fraction of sp³-hybridized carbons (Fsp3) is 0.556. The van der Waals surface area contributed by atoms with Crippen LogP contribution in [0.4, 0.5) is 0 Å². The molecule has 14 heavy (non-hydrogen) atoms. The molecule has 2 fully saturated rings. The highest BCUT2D eigenvalue weighted by Gasteiger charge is 2.45. The van der Waals surface area contributed by atoms with Gasteiger partial charge in [-0.3, -0.25) is 15.2 Å². The number of hydrogen-bond donors (Lipinski definition) is 3. The molecule has 5 nitrogen and oxygen atoms in total. The van der Waals surface area contributed by atoms with E-state index in [9.17, 15) is 4.79 Å². The van der Waals surface area contributed by atoms with E-state index in [0.717, 1.165) is 6.54 Å². The molecule has 5 heteroatoms. The zero-order chi connectivity index (χ0) is 9.54. The number of carbonyl (C=O) groups excluding carboxylic acids is 1. The largest absolute Gasteiger partial charge is 0.309 e. The summed E-state index contributed by atoms with van der Waals surface area (Å²) in [6.07, 6.45) is 5.77. The van der Waals surface area contributed by atoms with Crippen molar-refractivity contribution in [1.29, 1.82) is 0 Å². The highest BCUT2D eigenvalue weighted by Crippen LogP contribution is 2.25. The lowest BCUT2D eigenvalue weighted by Gasteiger charge is -2.36. The molecular formula is C9H12N4O. The zero-order valence-corrected chi connectivity index (χ0v) is 7.60. The molecule has 0 aromatic rings. The monoisotopic (exact) mass is 192 g/mol. The first-order chi connectivity index (χ1) is 6.86. The first-order valence-electron chi connectivity index (χ1n) is 4.85. The third kappa shape index (κ3) is 1.03. The van der Waals surface area contributed by atoms with Gasteiger partial charge in [-0.05, 0) is 6.08 Å². The Labute approximate surface area is 81.6 Å². The molecule has 3 aliphatic rings. The molecule has 3 N–H and O–H groups in total. The highest BCUT2D eigenvalue weighted by molar-refractivity contribution is 5.83. The summed E-state index contributed by atoms with van der Waals surface area (Å²) in [7, 11) is 0. The number of nitrogens with one attached hydrogen (secondary N) is 3. The minimum absolute atomic E-state index is 0.0363. The predicted octanol–water partition coefficient (Wildman–Crippen LogP) is -1.21. The average Bonchev–Trinajstić information content (AvgIpc) is 2.61. The van der Waals surface area contributed by atoms with E-state index in [4.69, 9.17) is 0 Å². The van der Waals surface area contributed by atoms with Crippen LogP contribution in [0.3, 0.4) is 0 Å². The fourth-order valence-corrected chi connectivity index (χ4v) is 2.39. The minimum atomic E-state index is 0.0363. The number of nitrogens with zero attached hydrogens (tertiary/aromatic N) is 1. The van der Waals surface area contributed by atoms with Gasteiger partial charge in [-0.25, -0.2) is 5.43 Å². The molecule has 4 unspecified atom stereocenters. The van der Waals surface area contributed by atoms with Crippen molar-refractivity contribution in [2.24, 2.45) is 16.8 Å². The molecule has 2 saturated heterocycles. The van der Waals surface area contributed by atoms with Crippen LogP contribution < -0.4 is 16.2 Å². The Morgan fingerprint density at radius 2 is 2.43 bits per heavy atom. The maximum Gasteiger partial charge on any atom is 0.240 e. The smallest absolute Gasteiger partial charge is 0.240 e. The Morgan fingerprint density at radius 3 is 3.36 bits per heavy atom. The van der Waals surface area contributed by atoms with Gasteiger partial charge in [0.15, 0.2) is 0 Å². The number of aliphatic imine (C=N–C) groups is 1. The third-order valence-electron chi connectivity index (χ3n) is 3.17. The molecule has 0 saturated carbocycles. The molecule has 0 aliphatic carbocycles. The second-order valence-electron chi connectivity index (χ2n) is 3.92. The molecule has 0 radical (unpaired) electrons. The van der Waals surface area contributed by atoms with Gasteiger partial charge < -0.3 is 5.32 Å². The van der Waals surface area contributed by atoms with Gasteiger partial charge in [0.05, 0.1) is 5.92 Å². The normalized spacial score (nSPS) is 44.4. The molecule has 4 atom stereocenters. The van der Waals surface area contributed by atoms with Crippen molar-refractivity contribution in [3.05, 3.63) is 12.3 Å². The van der Waals surface area contributed by atoms with E-state index in [1.807, 2.05) is 12.3 Å². The molecule has 3 heterocycles. The molecule has 0 bridgehead atoms. The van der Waals surface area contributed by atoms with Crippen LogP contribution in [0.15, 0.2) is 17.3 Å². The quantitative estimate of drug-likeness (QED) is 0.451. The van der Waals surface area contributed by atoms with Crippen molar-refractivity contribution >= 4 is 12.1 Å². The molecule has 0 spiro atoms. The lowest BCUT2D eigenvalue weighted by molar-refractivity contribution is -0.123. The summed E-state index contributed by atoms with van der Waals surface area (Å²) in [6.45, 7) is 0.739. The van der Waals surface area contributed by atoms with Gasteiger partial charge in [0, 0.05) is 37.0 Å². The number of hydrazine groups is 1. The topological polar surface area (TPSA) is 65.5 Å². The van der Waals surface area contributed by atoms with Crippen molar-refractivity contribution in [3.8, 4) is 0 Å². The van der Waals surface area contributed by atoms with E-state index in [1.165, 1.54) is 0 Å². The van der Waals surface area contributed by atoms with Gasteiger partial charge in [0.1, 0.15) is 0 Å². The van der Waals surface area contributed by atoms with Gasteiger partial charge in [-0.1, -0.05) is 0 Å². The van der Waals surface area contributed by atoms with E-state index in [0.29, 0.717) is 6.04 Å². The highest BCUT2D eigenvalue weighted by atomic mass is 16.2. The van der Waals surface area contributed by atoms with Crippen molar-refractivity contribution in [2.75, 3.05) is 6.54 Å². The van der Waals surface area contributed by atoms with Crippen LogP contribution in [-0.2, 0) is 4.79 Å². The van der Waals surface area contributed by atoms with Gasteiger partial charge in [0.2, 0.25) is 5.91 Å². The van der Waals surface area contributed by atoms with Crippen molar-refractivity contribution in [1.82, 2.24) is 16.2 Å². The SMILES string of the molecule is O=C1NNC2C1CNC1C=CN=CC12. The van der Waals surface area contributed by atoms with Crippen LogP contribution in [0.2, 0.25) is 0 Å². The Bertz CT molecular complexity index is 325. The number of amides is 1. The summed E-state index contributed by atoms with van der Waals surface area (Å²) in [5.74, 6) is 0.399. The molecule has 3 rings (SSSR count). The summed E-state index contributed by atoms with van der Waals surface area (Å²) in [6, 6.07) is 0.497. The summed E-state index contributed by atoms with van der Waals surface area (Å²) in [5, 5.41) is 3.34. The van der Waals surface area contributed by atoms with Crippen LogP contribution in [0, 0.1) is 11.8 Å². The summed E-state index contributed by atoms with van der Waals surface area (Å²) in [5.41, 5.74) is 5.72. The summed E-state index contributed by atoms with van der Waals surface area (Å²) >= 11 is 0. The number of piperidine rings is 1. The van der Waals surface area contributed by atoms with E-state index in [2.05, 4.69) is 21.2 Å². The van der Waals surface area contributed by atoms with Crippen LogP contribution in [0.25, 0.3) is 0 Å². The Balaban J connectivity index is 1.89. The summed E-state index contributed by atoms with van der Waals surface area (Å²) < 4.78 is 0. The Hall–Kier alpha value is -1.20. The van der Waals surface area contributed by atoms with Gasteiger partial charge >= 0.3 is 0 Å². The Morgan fingerprint density at radius 1 is 1.50 bits per heavy atom. The zero-order valence-electron chi connectivity index (χ0n) is 7.60. The second-order valence-corrected chi connectivity index (χ2v) is 3.92. The molecule has 0 aromatic carbocycles. The molecule has 0 aromatic heterocycles. The first-order valence-corrected chi connectivity index (χ1v) is 4.85. The lowest BCUT2D eigenvalue weighted by atomic mass is 9.80. The van der Waals surface area contributed by atoms with Gasteiger partial charge in [-0.15, -0.1) is 0 Å². The lowest BCUT2D eigenvalue weighted by Crippen LogP contribution is -2.56. The van der Waals surface area contributed by atoms with Gasteiger partial charge in [-0.2, -0.15) is 0 Å². The second kappa shape index (κ2) is 2.90. The van der Waals surface area contributed by atoms with Crippen molar-refractivity contribution in [2.45, 2.75) is 12.1 Å². The van der Waals surface area contributed by atoms with Crippen LogP contribution >= 0.6 is 0 Å². The van der Waals surface area contributed by atoms with Crippen LogP contribution in [-0.4, -0.2) is 30.8 Å². The van der Waals surface area contributed by atoms with E-state index < -0.39 is 0 Å². The molecule has 74 valence electrons. The third-order valence-corrected chi connectivity index (χ3v) is 3.17. The van der Waals surface area contributed by atoms with Crippen LogP contribution in [0.5, 0.6) is 0 Å². The van der Waals surface area contributed by atoms with Crippen molar-refractivity contribution in [3.63, 3.8) is 0 Å². The molecule has 3 aliphatic heterocycles. The standard InChI is InChI=1S/C9H12N4O/c14-9-6-4-11-7-1-2-10-3-5(7)8(6)12-13-9/h1-3,5-8,11-12H,4H2,(H,13,14). The van der Waals surface area contributed by atoms with E-state index >= 15 is 0 Å². The number of carbonyl (C=O) groups is 1. The number of fused-ring (bicyclic) bond motifs is 3. The maximum atomic E-state index is 11.4. The van der Waals surface area contributed by atoms with Gasteiger partial charge in [0.25, 0.3) is 0 Å². The molecule has 1 amide bonds. The average molecular weight is 192 g/mol. The predicted molar refractivity (Wildman–Crippen MR) is 51.5 cm³/mol. The Kier molecular flexibility index (Phi) is 1.68. The molecular weight excluding hydrogens is 180 g/mol. The van der Waals surface area contributed by atoms with E-state index in [1.54, 1.807) is 6.20 Å². The first kappa shape index (κ1) is 8.14. The number of rotatable bonds is 0. The van der Waals surface area contributed by atoms with E-state index in [-0.39, 0.29) is 23.8 Å². The van der Waals surface area contributed by atoms with Crippen molar-refractivity contribution < 1.29 is 4.79 Å². The van der Waals surface area contributed by atoms with Crippen LogP contribution in [0.1, 0.15) is 0 Å². The summed E-state index contributed by atoms with van der Waals surface area (Å²) in [4.78, 5) is 15.5. The minimum Gasteiger partial charge on any atom is -0.309 e. The number of hydrogen-bond acceptors (Lipinski definition) is 4. The fourth-order valence-electron chi connectivity index (χ4n) is 2.39. The maximum absolute atomic E-state index is 11.4.